The van der Waals surface area contributed by atoms with Crippen molar-refractivity contribution in [2.45, 2.75) is 26.8 Å². The molecule has 1 atom stereocenters. The molecule has 0 aliphatic carbocycles. The van der Waals surface area contributed by atoms with Gasteiger partial charge in [-0.05, 0) is 24.1 Å². The number of anilines is 1. The van der Waals surface area contributed by atoms with Crippen LogP contribution in [0.1, 0.15) is 26.8 Å². The van der Waals surface area contributed by atoms with Gasteiger partial charge in [0, 0.05) is 29.6 Å². The molecule has 2 aromatic rings. The molecule has 0 saturated carbocycles. The van der Waals surface area contributed by atoms with Gasteiger partial charge in [0.1, 0.15) is 6.61 Å². The van der Waals surface area contributed by atoms with Crippen molar-refractivity contribution in [2.24, 2.45) is 5.92 Å². The third-order valence-electron chi connectivity index (χ3n) is 3.59. The van der Waals surface area contributed by atoms with Crippen LogP contribution in [0.4, 0.5) is 5.69 Å². The van der Waals surface area contributed by atoms with Gasteiger partial charge in [-0.2, -0.15) is 0 Å². The number of esters is 1. The fourth-order valence-corrected chi connectivity index (χ4v) is 2.38. The fraction of sp³-hybridized carbons (Fsp3) is 0.375. The molecule has 1 heterocycles. The molecule has 2 N–H and O–H groups in total. The van der Waals surface area contributed by atoms with Crippen molar-refractivity contribution in [2.75, 3.05) is 12.3 Å². The molecule has 0 bridgehead atoms. The molecule has 0 saturated heterocycles. The Hall–Kier alpha value is -2.30. The molecule has 5 heteroatoms. The molecule has 0 fully saturated rings. The van der Waals surface area contributed by atoms with Crippen LogP contribution in [0.3, 0.4) is 0 Å². The quantitative estimate of drug-likeness (QED) is 0.692. The average Bonchev–Trinajstić information content (AvgIpc) is 2.41. The third-order valence-corrected chi connectivity index (χ3v) is 3.59. The Labute approximate surface area is 123 Å². The normalized spacial score (nSPS) is 12.6. The molecule has 0 amide bonds. The van der Waals surface area contributed by atoms with Gasteiger partial charge in [0.25, 0.3) is 5.56 Å². The summed E-state index contributed by atoms with van der Waals surface area (Å²) < 4.78 is 6.71. The summed E-state index contributed by atoms with van der Waals surface area (Å²) in [4.78, 5) is 23.7. The van der Waals surface area contributed by atoms with Crippen molar-refractivity contribution in [1.29, 1.82) is 0 Å². The van der Waals surface area contributed by atoms with E-state index in [0.29, 0.717) is 11.1 Å². The van der Waals surface area contributed by atoms with Crippen LogP contribution in [0.15, 0.2) is 35.3 Å². The van der Waals surface area contributed by atoms with Crippen LogP contribution in [0.5, 0.6) is 0 Å². The number of carbonyl (C=O) groups is 1. The van der Waals surface area contributed by atoms with E-state index in [4.69, 9.17) is 10.5 Å². The number of fused-ring (bicyclic) bond motifs is 1. The lowest BCUT2D eigenvalue weighted by atomic mass is 10.0. The van der Waals surface area contributed by atoms with E-state index < -0.39 is 0 Å². The first-order valence-electron chi connectivity index (χ1n) is 6.94. The Bertz CT molecular complexity index is 719. The number of rotatable bonds is 4. The van der Waals surface area contributed by atoms with Crippen LogP contribution < -0.4 is 11.3 Å². The highest BCUT2D eigenvalue weighted by molar-refractivity contribution is 5.91. The zero-order valence-electron chi connectivity index (χ0n) is 12.5. The number of nitrogens with two attached hydrogens (primary N) is 1. The number of hydrogen-bond acceptors (Lipinski definition) is 4. The van der Waals surface area contributed by atoms with E-state index in [9.17, 15) is 9.59 Å². The maximum absolute atomic E-state index is 12.6. The zero-order valence-corrected chi connectivity index (χ0v) is 12.5. The summed E-state index contributed by atoms with van der Waals surface area (Å²) in [5.41, 5.74) is 6.35. The number of hydrogen-bond donors (Lipinski definition) is 1. The number of nitrogen functional groups attached to an aromatic ring is 1. The predicted octanol–water partition coefficient (Wildman–Crippen LogP) is 2.34. The second-order valence-corrected chi connectivity index (χ2v) is 5.45. The van der Waals surface area contributed by atoms with E-state index in [2.05, 4.69) is 0 Å². The fourth-order valence-electron chi connectivity index (χ4n) is 2.38. The van der Waals surface area contributed by atoms with Crippen molar-refractivity contribution >= 4 is 22.4 Å². The second-order valence-electron chi connectivity index (χ2n) is 5.45. The lowest BCUT2D eigenvalue weighted by Gasteiger charge is -2.23. The van der Waals surface area contributed by atoms with E-state index in [1.807, 2.05) is 19.9 Å². The van der Waals surface area contributed by atoms with Crippen LogP contribution >= 0.6 is 0 Å². The molecule has 1 unspecified atom stereocenters. The summed E-state index contributed by atoms with van der Waals surface area (Å²) in [6, 6.07) is 6.92. The van der Waals surface area contributed by atoms with Gasteiger partial charge in [0.05, 0.1) is 6.04 Å². The molecule has 0 spiro atoms. The molecule has 1 aromatic heterocycles. The molecule has 5 nitrogen and oxygen atoms in total. The van der Waals surface area contributed by atoms with Crippen LogP contribution in [0, 0.1) is 5.92 Å². The Balaban J connectivity index is 2.51. The Morgan fingerprint density at radius 3 is 2.62 bits per heavy atom. The van der Waals surface area contributed by atoms with E-state index in [1.54, 1.807) is 29.0 Å². The molecule has 0 aliphatic rings. The Kier molecular flexibility index (Phi) is 4.31. The first kappa shape index (κ1) is 15.1. The van der Waals surface area contributed by atoms with Crippen molar-refractivity contribution < 1.29 is 9.53 Å². The summed E-state index contributed by atoms with van der Waals surface area (Å²) in [5, 5.41) is 1.32. The van der Waals surface area contributed by atoms with Crippen molar-refractivity contribution in [1.82, 2.24) is 4.57 Å². The van der Waals surface area contributed by atoms with Crippen molar-refractivity contribution in [3.63, 3.8) is 0 Å². The zero-order chi connectivity index (χ0) is 15.6. The summed E-state index contributed by atoms with van der Waals surface area (Å²) in [5.74, 6) is -0.195. The summed E-state index contributed by atoms with van der Waals surface area (Å²) >= 11 is 0. The lowest BCUT2D eigenvalue weighted by molar-refractivity contribution is -0.142. The highest BCUT2D eigenvalue weighted by Crippen LogP contribution is 2.21. The maximum Gasteiger partial charge on any atom is 0.302 e. The SMILES string of the molecule is CC(=O)OCC(C(C)C)n1ccc2c(N)cccc2c1=O. The molecule has 0 aliphatic heterocycles. The van der Waals surface area contributed by atoms with Gasteiger partial charge >= 0.3 is 5.97 Å². The monoisotopic (exact) mass is 288 g/mol. The molecule has 112 valence electrons. The smallest absolute Gasteiger partial charge is 0.302 e. The first-order valence-corrected chi connectivity index (χ1v) is 6.94. The standard InChI is InChI=1S/C16H20N2O3/c1-10(2)15(9-21-11(3)19)18-8-7-12-13(16(18)20)5-4-6-14(12)17/h4-8,10,15H,9,17H2,1-3H3. The maximum atomic E-state index is 12.6. The van der Waals surface area contributed by atoms with Gasteiger partial charge in [-0.25, -0.2) is 0 Å². The number of aromatic nitrogens is 1. The summed E-state index contributed by atoms with van der Waals surface area (Å²) in [7, 11) is 0. The molecular weight excluding hydrogens is 268 g/mol. The Morgan fingerprint density at radius 2 is 2.00 bits per heavy atom. The van der Waals surface area contributed by atoms with Crippen LogP contribution in [-0.4, -0.2) is 17.1 Å². The highest BCUT2D eigenvalue weighted by atomic mass is 16.5. The highest BCUT2D eigenvalue weighted by Gasteiger charge is 2.19. The van der Waals surface area contributed by atoms with Gasteiger partial charge in [0.2, 0.25) is 0 Å². The molecule has 2 rings (SSSR count). The van der Waals surface area contributed by atoms with Crippen molar-refractivity contribution in [3.05, 3.63) is 40.8 Å². The minimum Gasteiger partial charge on any atom is -0.464 e. The van der Waals surface area contributed by atoms with E-state index >= 15 is 0 Å². The third kappa shape index (κ3) is 3.07. The van der Waals surface area contributed by atoms with Crippen molar-refractivity contribution in [3.8, 4) is 0 Å². The first-order chi connectivity index (χ1) is 9.91. The summed E-state index contributed by atoms with van der Waals surface area (Å²) in [6.07, 6.45) is 1.72. The summed E-state index contributed by atoms with van der Waals surface area (Å²) in [6.45, 7) is 5.52. The molecule has 21 heavy (non-hydrogen) atoms. The Morgan fingerprint density at radius 1 is 1.29 bits per heavy atom. The van der Waals surface area contributed by atoms with Gasteiger partial charge in [-0.1, -0.05) is 19.9 Å². The second kappa shape index (κ2) is 5.99. The van der Waals surface area contributed by atoms with Crippen LogP contribution in [0.2, 0.25) is 0 Å². The van der Waals surface area contributed by atoms with Crippen LogP contribution in [-0.2, 0) is 9.53 Å². The minimum absolute atomic E-state index is 0.120. The van der Waals surface area contributed by atoms with E-state index in [-0.39, 0.29) is 30.1 Å². The van der Waals surface area contributed by atoms with E-state index in [0.717, 1.165) is 5.39 Å². The lowest BCUT2D eigenvalue weighted by Crippen LogP contribution is -2.31. The van der Waals surface area contributed by atoms with Gasteiger partial charge in [0.15, 0.2) is 0 Å². The number of ether oxygens (including phenoxy) is 1. The van der Waals surface area contributed by atoms with Crippen LogP contribution in [0.25, 0.3) is 10.8 Å². The number of benzene rings is 1. The van der Waals surface area contributed by atoms with Gasteiger partial charge < -0.3 is 15.0 Å². The number of pyridine rings is 1. The largest absolute Gasteiger partial charge is 0.464 e. The molecule has 1 aromatic carbocycles. The van der Waals surface area contributed by atoms with Gasteiger partial charge in [-0.15, -0.1) is 0 Å². The average molecular weight is 288 g/mol. The minimum atomic E-state index is -0.348. The predicted molar refractivity (Wildman–Crippen MR) is 83.1 cm³/mol. The van der Waals surface area contributed by atoms with Gasteiger partial charge in [-0.3, -0.25) is 9.59 Å². The molecular formula is C16H20N2O3. The molecule has 0 radical (unpaired) electrons. The number of carbonyl (C=O) groups excluding carboxylic acids is 1. The topological polar surface area (TPSA) is 74.3 Å². The number of nitrogens with zero attached hydrogens (tertiary/aromatic N) is 1. The van der Waals surface area contributed by atoms with E-state index in [1.165, 1.54) is 6.92 Å².